The van der Waals surface area contributed by atoms with E-state index >= 15 is 0 Å². The first-order valence-electron chi connectivity index (χ1n) is 6.09. The molecule has 1 saturated heterocycles. The van der Waals surface area contributed by atoms with Gasteiger partial charge in [-0.2, -0.15) is 4.98 Å². The second-order valence-electron chi connectivity index (χ2n) is 4.17. The van der Waals surface area contributed by atoms with Crippen LogP contribution in [0, 0.1) is 6.92 Å². The molecule has 6 nitrogen and oxygen atoms in total. The molecule has 0 bridgehead atoms. The van der Waals surface area contributed by atoms with Crippen LogP contribution in [-0.2, 0) is 0 Å². The Morgan fingerprint density at radius 1 is 1.41 bits per heavy atom. The van der Waals surface area contributed by atoms with Gasteiger partial charge < -0.3 is 4.52 Å². The SMILES string of the molecule is CCN(C(=O)c1noc(C)n1)N1CCCCC1. The Morgan fingerprint density at radius 2 is 2.12 bits per heavy atom. The second-order valence-corrected chi connectivity index (χ2v) is 4.17. The molecule has 0 radical (unpaired) electrons. The number of carbonyl (C=O) groups excluding carboxylic acids is 1. The molecule has 0 N–H and O–H groups in total. The van der Waals surface area contributed by atoms with Crippen LogP contribution in [0.2, 0.25) is 0 Å². The molecule has 0 aliphatic carbocycles. The standard InChI is InChI=1S/C11H18N4O2/c1-3-15(14-7-5-4-6-8-14)11(16)10-12-9(2)17-13-10/h3-8H2,1-2H3. The highest BCUT2D eigenvalue weighted by atomic mass is 16.5. The Morgan fingerprint density at radius 3 is 2.65 bits per heavy atom. The molecule has 0 aromatic carbocycles. The van der Waals surface area contributed by atoms with Crippen molar-refractivity contribution in [2.45, 2.75) is 33.1 Å². The predicted molar refractivity (Wildman–Crippen MR) is 61.2 cm³/mol. The fourth-order valence-electron chi connectivity index (χ4n) is 2.09. The predicted octanol–water partition coefficient (Wildman–Crippen LogP) is 1.24. The van der Waals surface area contributed by atoms with E-state index in [4.69, 9.17) is 4.52 Å². The zero-order valence-corrected chi connectivity index (χ0v) is 10.3. The summed E-state index contributed by atoms with van der Waals surface area (Å²) in [5.74, 6) is 0.393. The van der Waals surface area contributed by atoms with Gasteiger partial charge in [0.1, 0.15) is 0 Å². The third-order valence-corrected chi connectivity index (χ3v) is 2.93. The summed E-state index contributed by atoms with van der Waals surface area (Å²) in [6.07, 6.45) is 3.51. The van der Waals surface area contributed by atoms with Crippen LogP contribution in [0.25, 0.3) is 0 Å². The molecule has 1 aliphatic rings. The summed E-state index contributed by atoms with van der Waals surface area (Å²) in [6, 6.07) is 0. The third-order valence-electron chi connectivity index (χ3n) is 2.93. The average molecular weight is 238 g/mol. The molecular weight excluding hydrogens is 220 g/mol. The van der Waals surface area contributed by atoms with Crippen LogP contribution < -0.4 is 0 Å². The number of rotatable bonds is 3. The first kappa shape index (κ1) is 12.0. The van der Waals surface area contributed by atoms with Crippen molar-refractivity contribution in [1.82, 2.24) is 20.2 Å². The molecule has 2 rings (SSSR count). The van der Waals surface area contributed by atoms with E-state index in [1.807, 2.05) is 6.92 Å². The van der Waals surface area contributed by atoms with Gasteiger partial charge in [-0.05, 0) is 19.8 Å². The number of aryl methyl sites for hydroxylation is 1. The summed E-state index contributed by atoms with van der Waals surface area (Å²) in [5, 5.41) is 7.47. The van der Waals surface area contributed by atoms with Crippen LogP contribution in [-0.4, -0.2) is 45.7 Å². The van der Waals surface area contributed by atoms with Crippen LogP contribution in [0.4, 0.5) is 0 Å². The second kappa shape index (κ2) is 5.27. The van der Waals surface area contributed by atoms with Gasteiger partial charge >= 0.3 is 5.91 Å². The van der Waals surface area contributed by atoms with Gasteiger partial charge in [0.05, 0.1) is 0 Å². The van der Waals surface area contributed by atoms with Crippen molar-refractivity contribution in [2.75, 3.05) is 19.6 Å². The lowest BCUT2D eigenvalue weighted by Gasteiger charge is -2.35. The molecule has 1 amide bonds. The van der Waals surface area contributed by atoms with Crippen LogP contribution in [0.1, 0.15) is 42.7 Å². The molecule has 0 atom stereocenters. The van der Waals surface area contributed by atoms with Gasteiger partial charge in [-0.15, -0.1) is 0 Å². The third kappa shape index (κ3) is 2.63. The lowest BCUT2D eigenvalue weighted by atomic mass is 10.2. The molecule has 2 heterocycles. The zero-order valence-electron chi connectivity index (χ0n) is 10.3. The summed E-state index contributed by atoms with van der Waals surface area (Å²) in [6.45, 7) is 6.12. The van der Waals surface area contributed by atoms with Gasteiger partial charge in [0, 0.05) is 26.6 Å². The van der Waals surface area contributed by atoms with Crippen molar-refractivity contribution in [3.63, 3.8) is 0 Å². The highest BCUT2D eigenvalue weighted by Gasteiger charge is 2.25. The minimum absolute atomic E-state index is 0.148. The maximum Gasteiger partial charge on any atom is 0.309 e. The number of carbonyl (C=O) groups is 1. The Bertz CT molecular complexity index is 385. The van der Waals surface area contributed by atoms with Crippen LogP contribution in [0.5, 0.6) is 0 Å². The molecule has 6 heteroatoms. The first-order valence-corrected chi connectivity index (χ1v) is 6.09. The van der Waals surface area contributed by atoms with Gasteiger partial charge in [-0.25, -0.2) is 5.01 Å². The summed E-state index contributed by atoms with van der Waals surface area (Å²) < 4.78 is 4.84. The number of aromatic nitrogens is 2. The maximum absolute atomic E-state index is 12.2. The topological polar surface area (TPSA) is 62.5 Å². The molecule has 94 valence electrons. The molecular formula is C11H18N4O2. The Labute approximate surface area is 101 Å². The highest BCUT2D eigenvalue weighted by Crippen LogP contribution is 2.13. The van der Waals surface area contributed by atoms with Crippen molar-refractivity contribution >= 4 is 5.91 Å². The minimum Gasteiger partial charge on any atom is -0.339 e. The van der Waals surface area contributed by atoms with E-state index in [1.165, 1.54) is 6.42 Å². The summed E-state index contributed by atoms with van der Waals surface area (Å²) in [4.78, 5) is 16.2. The average Bonchev–Trinajstić information content (AvgIpc) is 2.78. The lowest BCUT2D eigenvalue weighted by Crippen LogP contribution is -2.49. The van der Waals surface area contributed by atoms with Crippen molar-refractivity contribution in [3.05, 3.63) is 11.7 Å². The van der Waals surface area contributed by atoms with Crippen molar-refractivity contribution < 1.29 is 9.32 Å². The zero-order chi connectivity index (χ0) is 12.3. The highest BCUT2D eigenvalue weighted by molar-refractivity contribution is 5.89. The molecule has 1 aromatic heterocycles. The Balaban J connectivity index is 2.09. The fourth-order valence-corrected chi connectivity index (χ4v) is 2.09. The van der Waals surface area contributed by atoms with E-state index in [0.29, 0.717) is 12.4 Å². The van der Waals surface area contributed by atoms with E-state index < -0.39 is 0 Å². The molecule has 1 aliphatic heterocycles. The molecule has 0 unspecified atom stereocenters. The van der Waals surface area contributed by atoms with Gasteiger partial charge in [0.25, 0.3) is 5.82 Å². The Kier molecular flexibility index (Phi) is 3.73. The van der Waals surface area contributed by atoms with Gasteiger partial charge in [0.2, 0.25) is 5.89 Å². The molecule has 17 heavy (non-hydrogen) atoms. The molecule has 1 fully saturated rings. The molecule has 1 aromatic rings. The quantitative estimate of drug-likeness (QED) is 0.792. The maximum atomic E-state index is 12.2. The summed E-state index contributed by atoms with van der Waals surface area (Å²) >= 11 is 0. The first-order chi connectivity index (χ1) is 8.22. The van der Waals surface area contributed by atoms with E-state index in [-0.39, 0.29) is 11.7 Å². The van der Waals surface area contributed by atoms with Crippen molar-refractivity contribution in [3.8, 4) is 0 Å². The number of hydrazine groups is 1. The monoisotopic (exact) mass is 238 g/mol. The smallest absolute Gasteiger partial charge is 0.309 e. The fraction of sp³-hybridized carbons (Fsp3) is 0.727. The van der Waals surface area contributed by atoms with E-state index in [0.717, 1.165) is 25.9 Å². The number of nitrogens with zero attached hydrogens (tertiary/aromatic N) is 4. The van der Waals surface area contributed by atoms with Gasteiger partial charge in [0.15, 0.2) is 0 Å². The Hall–Kier alpha value is -1.43. The van der Waals surface area contributed by atoms with Crippen molar-refractivity contribution in [1.29, 1.82) is 0 Å². The summed E-state index contributed by atoms with van der Waals surface area (Å²) in [5.41, 5.74) is 0. The summed E-state index contributed by atoms with van der Waals surface area (Å²) in [7, 11) is 0. The van der Waals surface area contributed by atoms with Crippen LogP contribution >= 0.6 is 0 Å². The van der Waals surface area contributed by atoms with Crippen LogP contribution in [0.3, 0.4) is 0 Å². The van der Waals surface area contributed by atoms with E-state index in [1.54, 1.807) is 11.9 Å². The number of hydrogen-bond acceptors (Lipinski definition) is 5. The largest absolute Gasteiger partial charge is 0.339 e. The van der Waals surface area contributed by atoms with Gasteiger partial charge in [-0.3, -0.25) is 9.80 Å². The number of amides is 1. The number of piperidine rings is 1. The lowest BCUT2D eigenvalue weighted by molar-refractivity contribution is -0.0192. The van der Waals surface area contributed by atoms with Crippen molar-refractivity contribution in [2.24, 2.45) is 0 Å². The van der Waals surface area contributed by atoms with E-state index in [2.05, 4.69) is 15.1 Å². The number of hydrogen-bond donors (Lipinski definition) is 0. The van der Waals surface area contributed by atoms with Gasteiger partial charge in [-0.1, -0.05) is 11.6 Å². The molecule has 0 saturated carbocycles. The van der Waals surface area contributed by atoms with Crippen LogP contribution in [0.15, 0.2) is 4.52 Å². The van der Waals surface area contributed by atoms with E-state index in [9.17, 15) is 4.79 Å². The molecule has 0 spiro atoms. The normalized spacial score (nSPS) is 17.1. The minimum atomic E-state index is -0.175.